The van der Waals surface area contributed by atoms with Crippen LogP contribution in [0.25, 0.3) is 11.2 Å². The number of ketones is 1. The Morgan fingerprint density at radius 1 is 0.878 bits per heavy atom. The molecule has 3 rings (SSSR count). The molecule has 1 atom stereocenters. The van der Waals surface area contributed by atoms with Gasteiger partial charge >= 0.3 is 5.97 Å². The summed E-state index contributed by atoms with van der Waals surface area (Å²) in [5.41, 5.74) is 6.60. The minimum Gasteiger partial charge on any atom is -0.480 e. The number of hydrogen-bond donors (Lipinski definition) is 5. The van der Waals surface area contributed by atoms with E-state index in [4.69, 9.17) is 29.4 Å². The number of nitrogens with two attached hydrogens (primary N) is 1. The Labute approximate surface area is 283 Å². The molecule has 17 nitrogen and oxygen atoms in total. The molecule has 2 aromatic heterocycles. The van der Waals surface area contributed by atoms with Crippen LogP contribution in [-0.4, -0.2) is 115 Å². The van der Waals surface area contributed by atoms with Gasteiger partial charge in [0, 0.05) is 37.3 Å². The first-order valence-electron chi connectivity index (χ1n) is 16.1. The molecular weight excluding hydrogens is 642 g/mol. The fourth-order valence-corrected chi connectivity index (χ4v) is 4.31. The number of carboxylic acids is 1. The number of carbonyl (C=O) groups is 3. The first-order valence-corrected chi connectivity index (χ1v) is 16.1. The van der Waals surface area contributed by atoms with E-state index in [1.807, 2.05) is 6.92 Å². The molecule has 17 heteroatoms. The third kappa shape index (κ3) is 15.0. The summed E-state index contributed by atoms with van der Waals surface area (Å²) >= 11 is 0. The largest absolute Gasteiger partial charge is 0.480 e. The second-order valence-electron chi connectivity index (χ2n) is 10.6. The van der Waals surface area contributed by atoms with Crippen molar-refractivity contribution in [2.45, 2.75) is 45.2 Å². The molecule has 0 saturated carbocycles. The van der Waals surface area contributed by atoms with E-state index in [2.05, 4.69) is 30.6 Å². The molecule has 49 heavy (non-hydrogen) atoms. The second kappa shape index (κ2) is 22.2. The van der Waals surface area contributed by atoms with E-state index < -0.39 is 23.5 Å². The molecule has 0 unspecified atom stereocenters. The number of anilines is 2. The lowest BCUT2D eigenvalue weighted by atomic mass is 10.1. The van der Waals surface area contributed by atoms with Gasteiger partial charge in [-0.1, -0.05) is 0 Å². The van der Waals surface area contributed by atoms with Gasteiger partial charge in [0.25, 0.3) is 11.5 Å². The summed E-state index contributed by atoms with van der Waals surface area (Å²) in [6, 6.07) is 5.13. The zero-order valence-electron chi connectivity index (χ0n) is 27.6. The quantitative estimate of drug-likeness (QED) is 0.0748. The molecule has 0 bridgehead atoms. The fraction of sp³-hybridized carbons (Fsp3) is 0.531. The number of rotatable bonds is 26. The Hall–Kier alpha value is -4.55. The number of fused-ring (bicyclic) bond motifs is 1. The van der Waals surface area contributed by atoms with Gasteiger partial charge in [-0.25, -0.2) is 14.8 Å². The Balaban J connectivity index is 1.26. The summed E-state index contributed by atoms with van der Waals surface area (Å²) in [4.78, 5) is 63.5. The zero-order chi connectivity index (χ0) is 35.3. The third-order valence-electron chi connectivity index (χ3n) is 6.86. The summed E-state index contributed by atoms with van der Waals surface area (Å²) in [5.74, 6) is -1.98. The van der Waals surface area contributed by atoms with Gasteiger partial charge in [0.05, 0.1) is 71.3 Å². The molecule has 6 N–H and O–H groups in total. The minimum atomic E-state index is -1.23. The van der Waals surface area contributed by atoms with Crippen LogP contribution in [0.5, 0.6) is 0 Å². The summed E-state index contributed by atoms with van der Waals surface area (Å²) < 4.78 is 26.8. The first kappa shape index (κ1) is 38.9. The molecule has 0 fully saturated rings. The number of ether oxygens (including phenoxy) is 5. The number of aromatic nitrogens is 4. The smallest absolute Gasteiger partial charge is 0.326 e. The van der Waals surface area contributed by atoms with Crippen LogP contribution in [0.15, 0.2) is 35.3 Å². The van der Waals surface area contributed by atoms with Gasteiger partial charge in [0.15, 0.2) is 11.2 Å². The highest BCUT2D eigenvalue weighted by Gasteiger charge is 2.21. The number of nitrogen functional groups attached to an aromatic ring is 1. The molecule has 3 aromatic rings. The maximum absolute atomic E-state index is 12.7. The predicted octanol–water partition coefficient (Wildman–Crippen LogP) is 1.32. The van der Waals surface area contributed by atoms with Crippen molar-refractivity contribution >= 4 is 40.5 Å². The molecule has 1 amide bonds. The molecule has 1 aromatic carbocycles. The lowest BCUT2D eigenvalue weighted by Crippen LogP contribution is -2.41. The maximum Gasteiger partial charge on any atom is 0.326 e. The van der Waals surface area contributed by atoms with Crippen LogP contribution in [0.2, 0.25) is 0 Å². The number of amides is 1. The van der Waals surface area contributed by atoms with E-state index in [1.54, 1.807) is 12.1 Å². The van der Waals surface area contributed by atoms with E-state index in [9.17, 15) is 24.3 Å². The van der Waals surface area contributed by atoms with Gasteiger partial charge in [-0.05, 0) is 44.0 Å². The van der Waals surface area contributed by atoms with Gasteiger partial charge in [-0.15, -0.1) is 0 Å². The first-order chi connectivity index (χ1) is 23.8. The predicted molar refractivity (Wildman–Crippen MR) is 178 cm³/mol. The highest BCUT2D eigenvalue weighted by Crippen LogP contribution is 2.13. The summed E-state index contributed by atoms with van der Waals surface area (Å²) in [5, 5.41) is 15.2. The van der Waals surface area contributed by atoms with Gasteiger partial charge in [0.1, 0.15) is 11.8 Å². The lowest BCUT2D eigenvalue weighted by molar-refractivity contribution is -0.139. The third-order valence-corrected chi connectivity index (χ3v) is 6.86. The fourth-order valence-electron chi connectivity index (χ4n) is 4.31. The highest BCUT2D eigenvalue weighted by molar-refractivity contribution is 5.97. The molecule has 2 heterocycles. The van der Waals surface area contributed by atoms with Crippen LogP contribution in [-0.2, 0) is 39.8 Å². The van der Waals surface area contributed by atoms with E-state index in [-0.39, 0.29) is 54.3 Å². The van der Waals surface area contributed by atoms with Crippen LogP contribution in [0.3, 0.4) is 0 Å². The van der Waals surface area contributed by atoms with Crippen LogP contribution in [0.1, 0.15) is 48.7 Å². The highest BCUT2D eigenvalue weighted by atomic mass is 16.6. The number of hydrogen-bond acceptors (Lipinski definition) is 14. The number of Topliss-reactive ketones (excluding diaryl/α,β-unsaturated/α-hetero) is 1. The number of carbonyl (C=O) groups excluding carboxylic acids is 2. The van der Waals surface area contributed by atoms with Crippen LogP contribution in [0.4, 0.5) is 11.6 Å². The number of nitrogens with one attached hydrogen (secondary N) is 3. The van der Waals surface area contributed by atoms with Crippen molar-refractivity contribution < 1.29 is 43.2 Å². The lowest BCUT2D eigenvalue weighted by Gasteiger charge is -2.14. The molecular formula is C32H45N7O10. The molecule has 0 aliphatic rings. The topological polar surface area (TPSA) is 239 Å². The average Bonchev–Trinajstić information content (AvgIpc) is 3.09. The van der Waals surface area contributed by atoms with Gasteiger partial charge in [-0.2, -0.15) is 4.98 Å². The van der Waals surface area contributed by atoms with E-state index in [0.29, 0.717) is 83.9 Å². The normalized spacial score (nSPS) is 11.8. The Kier molecular flexibility index (Phi) is 17.6. The number of H-pyrrole nitrogens is 1. The standard InChI is InChI=1S/C32H45N7O10/c1-2-45-12-13-47-16-17-49-19-18-48-15-14-46-11-3-4-25(40)9-10-26(31(43)44)37-29(41)22-5-7-23(8-6-22)34-20-24-21-35-28-27(36-24)30(42)39-32(33)38-28/h5-8,21,26,34H,2-4,9-20H2,1H3,(H,37,41)(H,43,44)(H3,33,35,38,39,42)/t26-/m0/s1. The second-order valence-corrected chi connectivity index (χ2v) is 10.6. The van der Waals surface area contributed by atoms with Crippen LogP contribution in [0, 0.1) is 0 Å². The van der Waals surface area contributed by atoms with Gasteiger partial charge < -0.3 is 45.2 Å². The van der Waals surface area contributed by atoms with Crippen molar-refractivity contribution in [2.75, 3.05) is 77.1 Å². The molecule has 0 radical (unpaired) electrons. The number of carboxylic acid groups (broad SMARTS) is 1. The average molecular weight is 688 g/mol. The van der Waals surface area contributed by atoms with Crippen molar-refractivity contribution in [1.82, 2.24) is 25.3 Å². The van der Waals surface area contributed by atoms with E-state index in [0.717, 1.165) is 0 Å². The van der Waals surface area contributed by atoms with Crippen LogP contribution < -0.4 is 21.9 Å². The maximum atomic E-state index is 12.7. The molecule has 0 spiro atoms. The zero-order valence-corrected chi connectivity index (χ0v) is 27.6. The van der Waals surface area contributed by atoms with Gasteiger partial charge in [-0.3, -0.25) is 19.4 Å². The van der Waals surface area contributed by atoms with Crippen molar-refractivity contribution in [2.24, 2.45) is 0 Å². The van der Waals surface area contributed by atoms with Crippen LogP contribution >= 0.6 is 0 Å². The monoisotopic (exact) mass is 687 g/mol. The van der Waals surface area contributed by atoms with E-state index >= 15 is 0 Å². The Morgan fingerprint density at radius 2 is 1.49 bits per heavy atom. The minimum absolute atomic E-state index is 0.00769. The summed E-state index contributed by atoms with van der Waals surface area (Å²) in [7, 11) is 0. The van der Waals surface area contributed by atoms with Crippen molar-refractivity contribution in [3.63, 3.8) is 0 Å². The van der Waals surface area contributed by atoms with E-state index in [1.165, 1.54) is 18.3 Å². The number of nitrogens with zero attached hydrogens (tertiary/aromatic N) is 3. The molecule has 0 aliphatic heterocycles. The van der Waals surface area contributed by atoms with Gasteiger partial charge in [0.2, 0.25) is 5.95 Å². The number of aromatic amines is 1. The summed E-state index contributed by atoms with van der Waals surface area (Å²) in [6.07, 6.45) is 2.17. The SMILES string of the molecule is CCOCCOCCOCCOCCOCCCC(=O)CC[C@H](NC(=O)c1ccc(NCc2cnc3nc(N)[nH]c(=O)c3n2)cc1)C(=O)O. The van der Waals surface area contributed by atoms with Crippen molar-refractivity contribution in [3.8, 4) is 0 Å². The molecule has 268 valence electrons. The number of aliphatic carboxylic acids is 1. The van der Waals surface area contributed by atoms with Crippen molar-refractivity contribution in [3.05, 3.63) is 52.1 Å². The Morgan fingerprint density at radius 3 is 2.10 bits per heavy atom. The Bertz CT molecular complexity index is 1520. The molecule has 0 saturated heterocycles. The molecule has 0 aliphatic carbocycles. The summed E-state index contributed by atoms with van der Waals surface area (Å²) in [6.45, 7) is 7.00. The number of benzene rings is 1. The van der Waals surface area contributed by atoms with Crippen molar-refractivity contribution in [1.29, 1.82) is 0 Å².